The Hall–Kier alpha value is -1.81. The third kappa shape index (κ3) is 3.17. The molecule has 1 heterocycles. The molecule has 0 amide bonds. The lowest BCUT2D eigenvalue weighted by Crippen LogP contribution is -2.13. The molecule has 118 valence electrons. The van der Waals surface area contributed by atoms with Crippen molar-refractivity contribution in [2.45, 2.75) is 47.1 Å². The first-order valence-electron chi connectivity index (χ1n) is 7.54. The van der Waals surface area contributed by atoms with E-state index in [-0.39, 0.29) is 12.1 Å². The van der Waals surface area contributed by atoms with Crippen molar-refractivity contribution in [2.24, 2.45) is 0 Å². The summed E-state index contributed by atoms with van der Waals surface area (Å²) in [6, 6.07) is 6.24. The fraction of sp³-hybridized carbons (Fsp3) is 0.389. The van der Waals surface area contributed by atoms with Crippen LogP contribution in [0.4, 0.5) is 5.00 Å². The minimum Gasteiger partial charge on any atom is -0.459 e. The van der Waals surface area contributed by atoms with Gasteiger partial charge in [0, 0.05) is 10.4 Å². The van der Waals surface area contributed by atoms with Crippen molar-refractivity contribution < 1.29 is 9.53 Å². The Morgan fingerprint density at radius 3 is 2.50 bits per heavy atom. The van der Waals surface area contributed by atoms with Crippen molar-refractivity contribution in [3.63, 3.8) is 0 Å². The van der Waals surface area contributed by atoms with Crippen LogP contribution in [0.5, 0.6) is 0 Å². The van der Waals surface area contributed by atoms with Gasteiger partial charge in [0.1, 0.15) is 10.6 Å². The molecule has 0 aliphatic heterocycles. The Balaban J connectivity index is 2.62. The standard InChI is InChI=1S/C18H23NO2S/c1-6-14-15(13-8-7-11(4)12(5)9-13)16(17(19)22-14)18(20)21-10(2)3/h7-10H,6,19H2,1-5H3. The highest BCUT2D eigenvalue weighted by molar-refractivity contribution is 7.17. The maximum absolute atomic E-state index is 12.5. The van der Waals surface area contributed by atoms with Crippen LogP contribution in [0, 0.1) is 13.8 Å². The van der Waals surface area contributed by atoms with E-state index in [0.29, 0.717) is 10.6 Å². The fourth-order valence-corrected chi connectivity index (χ4v) is 3.44. The Labute approximate surface area is 136 Å². The van der Waals surface area contributed by atoms with Crippen molar-refractivity contribution in [3.05, 3.63) is 39.8 Å². The summed E-state index contributed by atoms with van der Waals surface area (Å²) >= 11 is 1.48. The van der Waals surface area contributed by atoms with Crippen LogP contribution < -0.4 is 5.73 Å². The van der Waals surface area contributed by atoms with Crippen LogP contribution >= 0.6 is 11.3 Å². The van der Waals surface area contributed by atoms with Crippen LogP contribution in [0.1, 0.15) is 47.1 Å². The smallest absolute Gasteiger partial charge is 0.342 e. The Morgan fingerprint density at radius 1 is 1.27 bits per heavy atom. The van der Waals surface area contributed by atoms with E-state index >= 15 is 0 Å². The summed E-state index contributed by atoms with van der Waals surface area (Å²) in [6.07, 6.45) is 0.677. The summed E-state index contributed by atoms with van der Waals surface area (Å²) in [5.41, 5.74) is 11.0. The number of thiophene rings is 1. The molecular formula is C18H23NO2S. The highest BCUT2D eigenvalue weighted by Gasteiger charge is 2.24. The van der Waals surface area contributed by atoms with Crippen LogP contribution in [0.15, 0.2) is 18.2 Å². The van der Waals surface area contributed by atoms with Gasteiger partial charge in [0.15, 0.2) is 0 Å². The minimum absolute atomic E-state index is 0.163. The summed E-state index contributed by atoms with van der Waals surface area (Å²) in [6.45, 7) is 9.92. The highest BCUT2D eigenvalue weighted by atomic mass is 32.1. The van der Waals surface area contributed by atoms with Crippen LogP contribution in [0.2, 0.25) is 0 Å². The maximum Gasteiger partial charge on any atom is 0.342 e. The SMILES string of the molecule is CCc1sc(N)c(C(=O)OC(C)C)c1-c1ccc(C)c(C)c1. The zero-order valence-corrected chi connectivity index (χ0v) is 14.6. The Bertz CT molecular complexity index is 701. The third-order valence-electron chi connectivity index (χ3n) is 3.67. The predicted molar refractivity (Wildman–Crippen MR) is 93.6 cm³/mol. The second kappa shape index (κ2) is 6.53. The van der Waals surface area contributed by atoms with Crippen molar-refractivity contribution in [2.75, 3.05) is 5.73 Å². The van der Waals surface area contributed by atoms with Crippen molar-refractivity contribution in [1.29, 1.82) is 0 Å². The Morgan fingerprint density at radius 2 is 1.95 bits per heavy atom. The van der Waals surface area contributed by atoms with E-state index in [0.717, 1.165) is 22.4 Å². The molecular weight excluding hydrogens is 294 g/mol. The summed E-state index contributed by atoms with van der Waals surface area (Å²) < 4.78 is 5.38. The molecule has 1 aromatic heterocycles. The number of esters is 1. The van der Waals surface area contributed by atoms with Crippen LogP contribution in [0.3, 0.4) is 0 Å². The molecule has 0 saturated carbocycles. The average molecular weight is 317 g/mol. The van der Waals surface area contributed by atoms with Gasteiger partial charge in [0.25, 0.3) is 0 Å². The zero-order chi connectivity index (χ0) is 16.4. The first kappa shape index (κ1) is 16.6. The largest absolute Gasteiger partial charge is 0.459 e. The molecule has 22 heavy (non-hydrogen) atoms. The summed E-state index contributed by atoms with van der Waals surface area (Å²) in [4.78, 5) is 13.6. The number of aryl methyl sites for hydroxylation is 3. The van der Waals surface area contributed by atoms with Crippen molar-refractivity contribution >= 4 is 22.3 Å². The average Bonchev–Trinajstić information content (AvgIpc) is 2.78. The van der Waals surface area contributed by atoms with Crippen LogP contribution in [0.25, 0.3) is 11.1 Å². The summed E-state index contributed by atoms with van der Waals surface area (Å²) in [7, 11) is 0. The molecule has 3 nitrogen and oxygen atoms in total. The number of benzene rings is 1. The van der Waals surface area contributed by atoms with Gasteiger partial charge < -0.3 is 10.5 Å². The third-order valence-corrected chi connectivity index (χ3v) is 4.84. The number of ether oxygens (including phenoxy) is 1. The van der Waals surface area contributed by atoms with Gasteiger partial charge in [-0.05, 0) is 50.8 Å². The number of hydrogen-bond donors (Lipinski definition) is 1. The number of rotatable bonds is 4. The topological polar surface area (TPSA) is 52.3 Å². The van der Waals surface area contributed by atoms with E-state index in [1.807, 2.05) is 13.8 Å². The molecule has 0 radical (unpaired) electrons. The number of nitrogen functional groups attached to an aromatic ring is 1. The van der Waals surface area contributed by atoms with E-state index < -0.39 is 0 Å². The molecule has 0 unspecified atom stereocenters. The quantitative estimate of drug-likeness (QED) is 0.829. The van der Waals surface area contributed by atoms with Gasteiger partial charge >= 0.3 is 5.97 Å². The molecule has 4 heteroatoms. The van der Waals surface area contributed by atoms with Crippen molar-refractivity contribution in [1.82, 2.24) is 0 Å². The first-order valence-corrected chi connectivity index (χ1v) is 8.36. The van der Waals surface area contributed by atoms with Gasteiger partial charge in [-0.3, -0.25) is 0 Å². The Kier molecular flexibility index (Phi) is 4.91. The van der Waals surface area contributed by atoms with Gasteiger partial charge in [-0.15, -0.1) is 11.3 Å². The highest BCUT2D eigenvalue weighted by Crippen LogP contribution is 2.40. The lowest BCUT2D eigenvalue weighted by Gasteiger charge is -2.12. The van der Waals surface area contributed by atoms with Gasteiger partial charge in [0.05, 0.1) is 6.10 Å². The first-order chi connectivity index (χ1) is 10.3. The van der Waals surface area contributed by atoms with E-state index in [1.54, 1.807) is 0 Å². The molecule has 0 bridgehead atoms. The second-order valence-electron chi connectivity index (χ2n) is 5.75. The molecule has 0 atom stereocenters. The fourth-order valence-electron chi connectivity index (χ4n) is 2.42. The number of hydrogen-bond acceptors (Lipinski definition) is 4. The molecule has 0 aliphatic carbocycles. The molecule has 2 rings (SSSR count). The second-order valence-corrected chi connectivity index (χ2v) is 6.88. The molecule has 2 N–H and O–H groups in total. The molecule has 2 aromatic rings. The van der Waals surface area contributed by atoms with E-state index in [4.69, 9.17) is 10.5 Å². The normalized spacial score (nSPS) is 11.0. The number of anilines is 1. The molecule has 0 saturated heterocycles. The molecule has 1 aromatic carbocycles. The number of carbonyl (C=O) groups excluding carboxylic acids is 1. The van der Waals surface area contributed by atoms with Crippen LogP contribution in [-0.2, 0) is 11.2 Å². The minimum atomic E-state index is -0.336. The van der Waals surface area contributed by atoms with Gasteiger partial charge in [0.2, 0.25) is 0 Å². The summed E-state index contributed by atoms with van der Waals surface area (Å²) in [5.74, 6) is -0.336. The van der Waals surface area contributed by atoms with E-state index in [9.17, 15) is 4.79 Å². The number of carbonyl (C=O) groups is 1. The molecule has 0 aliphatic rings. The molecule has 0 spiro atoms. The monoisotopic (exact) mass is 317 g/mol. The summed E-state index contributed by atoms with van der Waals surface area (Å²) in [5, 5.41) is 0.538. The van der Waals surface area contributed by atoms with Crippen molar-refractivity contribution in [3.8, 4) is 11.1 Å². The predicted octanol–water partition coefficient (Wildman–Crippen LogP) is 4.74. The van der Waals surface area contributed by atoms with Gasteiger partial charge in [-0.2, -0.15) is 0 Å². The molecule has 0 fully saturated rings. The van der Waals surface area contributed by atoms with Gasteiger partial charge in [-0.25, -0.2) is 4.79 Å². The lowest BCUT2D eigenvalue weighted by molar-refractivity contribution is 0.0380. The van der Waals surface area contributed by atoms with E-state index in [1.165, 1.54) is 22.5 Å². The van der Waals surface area contributed by atoms with Gasteiger partial charge in [-0.1, -0.05) is 25.1 Å². The zero-order valence-electron chi connectivity index (χ0n) is 13.8. The van der Waals surface area contributed by atoms with E-state index in [2.05, 4.69) is 39.0 Å². The number of nitrogens with two attached hydrogens (primary N) is 1. The maximum atomic E-state index is 12.5. The van der Waals surface area contributed by atoms with Crippen LogP contribution in [-0.4, -0.2) is 12.1 Å². The lowest BCUT2D eigenvalue weighted by atomic mass is 9.97.